The fourth-order valence-electron chi connectivity index (χ4n) is 0.582. The van der Waals surface area contributed by atoms with Crippen LogP contribution in [-0.4, -0.2) is 0 Å². The van der Waals surface area contributed by atoms with Crippen LogP contribution in [0.1, 0.15) is 15.2 Å². The first-order valence-corrected chi connectivity index (χ1v) is 2.79. The lowest BCUT2D eigenvalue weighted by atomic mass is 10.1. The highest BCUT2D eigenvalue weighted by Gasteiger charge is 1.92. The summed E-state index contributed by atoms with van der Waals surface area (Å²) >= 11 is 0. The van der Waals surface area contributed by atoms with Crippen LogP contribution in [0.2, 0.25) is 0 Å². The van der Waals surface area contributed by atoms with E-state index in [9.17, 15) is 0 Å². The fraction of sp³-hybridized carbons (Fsp3) is 0.250. The van der Waals surface area contributed by atoms with Crippen molar-refractivity contribution in [2.75, 3.05) is 5.73 Å². The molecule has 0 bridgehead atoms. The van der Waals surface area contributed by atoms with Gasteiger partial charge in [0.1, 0.15) is 0 Å². The SMILES string of the molecule is [2H]c1c([2H])c(C)c(C)c(N)c1[2H]. The zero-order valence-electron chi connectivity index (χ0n) is 8.58. The van der Waals surface area contributed by atoms with Gasteiger partial charge in [0.05, 0.1) is 4.11 Å². The number of anilines is 1. The number of hydrogen-bond acceptors (Lipinski definition) is 1. The number of rotatable bonds is 0. The van der Waals surface area contributed by atoms with Gasteiger partial charge in [0.2, 0.25) is 0 Å². The zero-order valence-corrected chi connectivity index (χ0v) is 5.58. The minimum Gasteiger partial charge on any atom is -0.399 e. The van der Waals surface area contributed by atoms with Crippen molar-refractivity contribution in [2.45, 2.75) is 13.8 Å². The molecule has 0 saturated heterocycles. The van der Waals surface area contributed by atoms with Gasteiger partial charge in [-0.15, -0.1) is 0 Å². The molecule has 0 unspecified atom stereocenters. The number of hydrogen-bond donors (Lipinski definition) is 1. The summed E-state index contributed by atoms with van der Waals surface area (Å²) in [5, 5.41) is 0. The van der Waals surface area contributed by atoms with Crippen LogP contribution in [0, 0.1) is 13.8 Å². The van der Waals surface area contributed by atoms with Crippen molar-refractivity contribution >= 4 is 5.69 Å². The average Bonchev–Trinajstić information content (AvgIpc) is 2.08. The van der Waals surface area contributed by atoms with E-state index in [1.54, 1.807) is 13.8 Å². The second-order valence-electron chi connectivity index (χ2n) is 2.04. The normalized spacial score (nSPS) is 14.2. The predicted octanol–water partition coefficient (Wildman–Crippen LogP) is 1.89. The van der Waals surface area contributed by atoms with Crippen LogP contribution in [0.15, 0.2) is 18.1 Å². The molecule has 0 spiro atoms. The molecule has 1 heteroatoms. The van der Waals surface area contributed by atoms with E-state index < -0.39 is 0 Å². The van der Waals surface area contributed by atoms with Crippen molar-refractivity contribution in [1.82, 2.24) is 0 Å². The largest absolute Gasteiger partial charge is 0.399 e. The third kappa shape index (κ3) is 1.04. The van der Waals surface area contributed by atoms with Crippen molar-refractivity contribution in [2.24, 2.45) is 0 Å². The summed E-state index contributed by atoms with van der Waals surface area (Å²) in [5.41, 5.74) is 7.30. The van der Waals surface area contributed by atoms with E-state index in [0.29, 0.717) is 11.3 Å². The maximum atomic E-state index is 7.46. The molecule has 0 aliphatic heterocycles. The van der Waals surface area contributed by atoms with Gasteiger partial charge in [-0.3, -0.25) is 0 Å². The van der Waals surface area contributed by atoms with E-state index >= 15 is 0 Å². The first kappa shape index (κ1) is 3.25. The maximum Gasteiger partial charge on any atom is 0.0645 e. The number of nitrogens with two attached hydrogens (primary N) is 1. The summed E-state index contributed by atoms with van der Waals surface area (Å²) in [7, 11) is 0. The Morgan fingerprint density at radius 3 is 2.78 bits per heavy atom. The molecule has 48 valence electrons. The van der Waals surface area contributed by atoms with Crippen LogP contribution < -0.4 is 5.73 Å². The summed E-state index contributed by atoms with van der Waals surface area (Å²) in [4.78, 5) is 0. The lowest BCUT2D eigenvalue weighted by Gasteiger charge is -2.00. The quantitative estimate of drug-likeness (QED) is 0.525. The minimum atomic E-state index is -0.0874. The standard InChI is InChI=1S/C8H11N/c1-6-4-3-5-8(9)7(6)2/h3-5H,9H2,1-2H3/i3D,4D,5D. The molecule has 0 aliphatic rings. The molecule has 1 nitrogen and oxygen atoms in total. The zero-order chi connectivity index (χ0) is 9.46. The minimum absolute atomic E-state index is 0.0388. The Balaban J connectivity index is 3.60. The summed E-state index contributed by atoms with van der Waals surface area (Å²) in [6.07, 6.45) is 0. The highest BCUT2D eigenvalue weighted by Crippen LogP contribution is 2.13. The molecule has 0 aliphatic carbocycles. The molecule has 1 aromatic carbocycles. The van der Waals surface area contributed by atoms with Gasteiger partial charge in [0.25, 0.3) is 0 Å². The molecular weight excluding hydrogens is 110 g/mol. The lowest BCUT2D eigenvalue weighted by Crippen LogP contribution is -1.90. The molecule has 1 rings (SSSR count). The highest BCUT2D eigenvalue weighted by atomic mass is 14.5. The van der Waals surface area contributed by atoms with Gasteiger partial charge in [-0.2, -0.15) is 0 Å². The van der Waals surface area contributed by atoms with E-state index in [2.05, 4.69) is 0 Å². The highest BCUT2D eigenvalue weighted by molar-refractivity contribution is 5.49. The Bertz CT molecular complexity index is 229. The number of benzene rings is 1. The smallest absolute Gasteiger partial charge is 0.0645 e. The topological polar surface area (TPSA) is 26.0 Å². The van der Waals surface area contributed by atoms with E-state index in [1.807, 2.05) is 0 Å². The molecule has 0 fully saturated rings. The Morgan fingerprint density at radius 2 is 2.11 bits per heavy atom. The third-order valence-corrected chi connectivity index (χ3v) is 1.41. The molecule has 0 radical (unpaired) electrons. The third-order valence-electron chi connectivity index (χ3n) is 1.41. The molecule has 0 heterocycles. The Kier molecular flexibility index (Phi) is 0.758. The van der Waals surface area contributed by atoms with Crippen molar-refractivity contribution in [3.8, 4) is 0 Å². The number of nitrogen functional groups attached to an aromatic ring is 1. The van der Waals surface area contributed by atoms with Crippen LogP contribution in [-0.2, 0) is 0 Å². The summed E-state index contributed by atoms with van der Waals surface area (Å²) in [5.74, 6) is 0. The summed E-state index contributed by atoms with van der Waals surface area (Å²) in [6, 6.07) is -0.0228. The first-order valence-electron chi connectivity index (χ1n) is 4.29. The van der Waals surface area contributed by atoms with E-state index in [1.165, 1.54) is 0 Å². The van der Waals surface area contributed by atoms with Crippen LogP contribution in [0.3, 0.4) is 0 Å². The van der Waals surface area contributed by atoms with Crippen LogP contribution in [0.5, 0.6) is 0 Å². The molecule has 1 aromatic rings. The van der Waals surface area contributed by atoms with Crippen LogP contribution in [0.4, 0.5) is 5.69 Å². The van der Waals surface area contributed by atoms with Gasteiger partial charge >= 0.3 is 0 Å². The predicted molar refractivity (Wildman–Crippen MR) is 40.3 cm³/mol. The Morgan fingerprint density at radius 1 is 1.44 bits per heavy atom. The van der Waals surface area contributed by atoms with E-state index in [4.69, 9.17) is 9.85 Å². The molecule has 2 N–H and O–H groups in total. The van der Waals surface area contributed by atoms with Crippen molar-refractivity contribution < 1.29 is 4.11 Å². The van der Waals surface area contributed by atoms with Crippen molar-refractivity contribution in [3.63, 3.8) is 0 Å². The van der Waals surface area contributed by atoms with Gasteiger partial charge in [-0.1, -0.05) is 12.1 Å². The second-order valence-corrected chi connectivity index (χ2v) is 2.04. The molecule has 0 aromatic heterocycles. The summed E-state index contributed by atoms with van der Waals surface area (Å²) < 4.78 is 22.2. The first-order chi connectivity index (χ1) is 5.46. The van der Waals surface area contributed by atoms with Gasteiger partial charge < -0.3 is 5.73 Å². The van der Waals surface area contributed by atoms with Crippen molar-refractivity contribution in [1.29, 1.82) is 0 Å². The summed E-state index contributed by atoms with van der Waals surface area (Å²) in [6.45, 7) is 3.51. The van der Waals surface area contributed by atoms with E-state index in [-0.39, 0.29) is 18.1 Å². The Labute approximate surface area is 59.7 Å². The average molecular weight is 124 g/mol. The van der Waals surface area contributed by atoms with Gasteiger partial charge in [-0.05, 0) is 31.0 Å². The molecule has 9 heavy (non-hydrogen) atoms. The molecule has 0 atom stereocenters. The monoisotopic (exact) mass is 124 g/mol. The van der Waals surface area contributed by atoms with Crippen molar-refractivity contribution in [3.05, 3.63) is 29.3 Å². The second kappa shape index (κ2) is 2.09. The fourth-order valence-corrected chi connectivity index (χ4v) is 0.582. The van der Waals surface area contributed by atoms with Crippen LogP contribution in [0.25, 0.3) is 0 Å². The van der Waals surface area contributed by atoms with Gasteiger partial charge in [0, 0.05) is 5.69 Å². The van der Waals surface area contributed by atoms with E-state index in [0.717, 1.165) is 5.56 Å². The lowest BCUT2D eigenvalue weighted by molar-refractivity contribution is 1.35. The van der Waals surface area contributed by atoms with Gasteiger partial charge in [-0.25, -0.2) is 0 Å². The molecule has 0 saturated carbocycles. The molecule has 0 amide bonds. The van der Waals surface area contributed by atoms with Gasteiger partial charge in [0.15, 0.2) is 0 Å². The molecular formula is C8H11N. The van der Waals surface area contributed by atoms with Crippen LogP contribution >= 0.6 is 0 Å². The Hall–Kier alpha value is -0.980. The maximum absolute atomic E-state index is 7.46.